The van der Waals surface area contributed by atoms with Crippen molar-refractivity contribution in [2.45, 2.75) is 43.1 Å². The molecule has 4 rings (SSSR count). The van der Waals surface area contributed by atoms with Gasteiger partial charge in [-0.15, -0.1) is 0 Å². The third-order valence-corrected chi connectivity index (χ3v) is 6.37. The fourth-order valence-electron chi connectivity index (χ4n) is 5.34. The first-order valence-corrected chi connectivity index (χ1v) is 8.63. The SMILES string of the molecule is CN1[C@@H]2[C@H](C(=O)O)C[C@H]1C(C#N)N1[C@@H](CO)C3=C(C[C@@H]21)C(=O)C=CC3=O. The number of fused-ring (bicyclic) bond motifs is 4. The highest BCUT2D eigenvalue weighted by Crippen LogP contribution is 2.47. The molecule has 3 aliphatic heterocycles. The van der Waals surface area contributed by atoms with E-state index in [1.807, 2.05) is 11.9 Å². The first-order valence-electron chi connectivity index (χ1n) is 8.63. The van der Waals surface area contributed by atoms with Crippen molar-refractivity contribution in [1.82, 2.24) is 9.80 Å². The molecule has 4 aliphatic rings. The summed E-state index contributed by atoms with van der Waals surface area (Å²) in [6.45, 7) is -0.402. The maximum atomic E-state index is 12.4. The number of aliphatic hydroxyl groups excluding tert-OH is 1. The summed E-state index contributed by atoms with van der Waals surface area (Å²) in [7, 11) is 1.81. The molecule has 0 saturated carbocycles. The summed E-state index contributed by atoms with van der Waals surface area (Å²) in [5, 5.41) is 29.5. The normalized spacial score (nSPS) is 39.6. The molecule has 2 saturated heterocycles. The predicted octanol–water partition coefficient (Wildman–Crippen LogP) is -0.895. The van der Waals surface area contributed by atoms with Crippen molar-refractivity contribution >= 4 is 17.5 Å². The maximum Gasteiger partial charge on any atom is 0.308 e. The fraction of sp³-hybridized carbons (Fsp3) is 0.556. The standard InChI is InChI=1S/C18H19N3O5/c1-20-10-5-9(18(25)26)17(20)11-4-8-14(23)2-3-15(24)16(8)13(7-22)21(11)12(10)6-19/h2-3,9-13,17,22H,4-5,7H2,1H3,(H,25,26)/t9-,10+,11+,12?,13+,17-/m1/s1. The molecule has 2 N–H and O–H groups in total. The summed E-state index contributed by atoms with van der Waals surface area (Å²) in [5.74, 6) is -2.17. The summed E-state index contributed by atoms with van der Waals surface area (Å²) < 4.78 is 0. The van der Waals surface area contributed by atoms with Crippen LogP contribution in [0.5, 0.6) is 0 Å². The highest BCUT2D eigenvalue weighted by atomic mass is 16.4. The molecule has 0 amide bonds. The summed E-state index contributed by atoms with van der Waals surface area (Å²) in [6.07, 6.45) is 2.98. The van der Waals surface area contributed by atoms with E-state index in [0.717, 1.165) is 0 Å². The number of piperazine rings is 1. The van der Waals surface area contributed by atoms with Gasteiger partial charge in [0, 0.05) is 29.3 Å². The van der Waals surface area contributed by atoms with Gasteiger partial charge < -0.3 is 10.2 Å². The Balaban J connectivity index is 1.87. The van der Waals surface area contributed by atoms with Gasteiger partial charge in [-0.1, -0.05) is 0 Å². The Hall–Kier alpha value is -2.34. The fourth-order valence-corrected chi connectivity index (χ4v) is 5.34. The van der Waals surface area contributed by atoms with Crippen LogP contribution in [-0.2, 0) is 14.4 Å². The minimum atomic E-state index is -0.922. The zero-order chi connectivity index (χ0) is 18.7. The van der Waals surface area contributed by atoms with Gasteiger partial charge in [-0.05, 0) is 32.0 Å². The Morgan fingerprint density at radius 1 is 1.31 bits per heavy atom. The summed E-state index contributed by atoms with van der Waals surface area (Å²) in [6, 6.07) is -0.238. The Bertz CT molecular complexity index is 810. The number of rotatable bonds is 2. The molecule has 2 bridgehead atoms. The van der Waals surface area contributed by atoms with Gasteiger partial charge in [0.15, 0.2) is 11.6 Å². The van der Waals surface area contributed by atoms with Crippen LogP contribution in [0.15, 0.2) is 23.3 Å². The molecule has 0 radical (unpaired) electrons. The van der Waals surface area contributed by atoms with Gasteiger partial charge in [-0.2, -0.15) is 5.26 Å². The van der Waals surface area contributed by atoms with E-state index < -0.39 is 36.6 Å². The Morgan fingerprint density at radius 2 is 2.00 bits per heavy atom. The molecule has 136 valence electrons. The number of hydrogen-bond donors (Lipinski definition) is 2. The van der Waals surface area contributed by atoms with Crippen molar-refractivity contribution in [1.29, 1.82) is 5.26 Å². The zero-order valence-corrected chi connectivity index (χ0v) is 14.2. The van der Waals surface area contributed by atoms with Crippen LogP contribution in [0.2, 0.25) is 0 Å². The lowest BCUT2D eigenvalue weighted by Gasteiger charge is -2.54. The second-order valence-corrected chi connectivity index (χ2v) is 7.35. The van der Waals surface area contributed by atoms with E-state index in [2.05, 4.69) is 6.07 Å². The Morgan fingerprint density at radius 3 is 2.62 bits per heavy atom. The Kier molecular flexibility index (Phi) is 3.84. The van der Waals surface area contributed by atoms with Gasteiger partial charge in [-0.3, -0.25) is 24.2 Å². The van der Waals surface area contributed by atoms with Crippen molar-refractivity contribution in [2.24, 2.45) is 5.92 Å². The molecule has 8 heteroatoms. The minimum absolute atomic E-state index is 0.213. The molecule has 0 spiro atoms. The number of carbonyl (C=O) groups excluding carboxylic acids is 2. The first-order chi connectivity index (χ1) is 12.4. The third kappa shape index (κ3) is 2.08. The number of allylic oxidation sites excluding steroid dienone is 2. The van der Waals surface area contributed by atoms with Crippen molar-refractivity contribution < 1.29 is 24.6 Å². The van der Waals surface area contributed by atoms with Crippen molar-refractivity contribution in [3.05, 3.63) is 23.3 Å². The van der Waals surface area contributed by atoms with Crippen LogP contribution >= 0.6 is 0 Å². The molecule has 0 aromatic carbocycles. The topological polar surface area (TPSA) is 122 Å². The molecule has 6 atom stereocenters. The number of aliphatic hydroxyl groups is 1. The largest absolute Gasteiger partial charge is 0.481 e. The minimum Gasteiger partial charge on any atom is -0.481 e. The average Bonchev–Trinajstić information content (AvgIpc) is 2.87. The van der Waals surface area contributed by atoms with E-state index in [-0.39, 0.29) is 35.6 Å². The maximum absolute atomic E-state index is 12.4. The zero-order valence-electron chi connectivity index (χ0n) is 14.2. The summed E-state index contributed by atoms with van der Waals surface area (Å²) in [4.78, 5) is 40.3. The van der Waals surface area contributed by atoms with Crippen LogP contribution in [0.25, 0.3) is 0 Å². The number of nitrogens with zero attached hydrogens (tertiary/aromatic N) is 3. The highest BCUT2D eigenvalue weighted by Gasteiger charge is 2.60. The quantitative estimate of drug-likeness (QED) is 0.610. The van der Waals surface area contributed by atoms with Gasteiger partial charge in [0.25, 0.3) is 0 Å². The highest BCUT2D eigenvalue weighted by molar-refractivity contribution is 6.21. The number of likely N-dealkylation sites (N-methyl/N-ethyl adjacent to an activating group) is 1. The number of nitriles is 1. The van der Waals surface area contributed by atoms with Gasteiger partial charge in [0.05, 0.1) is 24.6 Å². The number of aliphatic carboxylic acids is 1. The summed E-state index contributed by atoms with van der Waals surface area (Å²) >= 11 is 0. The van der Waals surface area contributed by atoms with Gasteiger partial charge in [0.2, 0.25) is 0 Å². The molecule has 1 aliphatic carbocycles. The number of carboxylic acids is 1. The second-order valence-electron chi connectivity index (χ2n) is 7.35. The predicted molar refractivity (Wildman–Crippen MR) is 87.8 cm³/mol. The lowest BCUT2D eigenvalue weighted by atomic mass is 9.76. The van der Waals surface area contributed by atoms with E-state index in [9.17, 15) is 29.9 Å². The van der Waals surface area contributed by atoms with Gasteiger partial charge >= 0.3 is 5.97 Å². The first kappa shape index (κ1) is 17.1. The smallest absolute Gasteiger partial charge is 0.308 e. The van der Waals surface area contributed by atoms with E-state index in [1.54, 1.807) is 4.90 Å². The van der Waals surface area contributed by atoms with Gasteiger partial charge in [-0.25, -0.2) is 0 Å². The van der Waals surface area contributed by atoms with E-state index in [1.165, 1.54) is 12.2 Å². The van der Waals surface area contributed by atoms with Gasteiger partial charge in [0.1, 0.15) is 6.04 Å². The molecule has 1 unspecified atom stereocenters. The van der Waals surface area contributed by atoms with E-state index >= 15 is 0 Å². The number of carbonyl (C=O) groups is 3. The molecule has 3 heterocycles. The number of carboxylic acid groups (broad SMARTS) is 1. The Labute approximate surface area is 150 Å². The van der Waals surface area contributed by atoms with Crippen molar-refractivity contribution in [3.63, 3.8) is 0 Å². The lowest BCUT2D eigenvalue weighted by Crippen LogP contribution is -2.69. The molecule has 8 nitrogen and oxygen atoms in total. The van der Waals surface area contributed by atoms with E-state index in [4.69, 9.17) is 0 Å². The molecule has 0 aromatic heterocycles. The average molecular weight is 357 g/mol. The van der Waals surface area contributed by atoms with Crippen LogP contribution in [0.1, 0.15) is 12.8 Å². The second kappa shape index (κ2) is 5.84. The van der Waals surface area contributed by atoms with Crippen LogP contribution in [0, 0.1) is 17.2 Å². The molecule has 2 fully saturated rings. The lowest BCUT2D eigenvalue weighted by molar-refractivity contribution is -0.144. The van der Waals surface area contributed by atoms with Crippen LogP contribution in [0.3, 0.4) is 0 Å². The number of ketones is 2. The molecular weight excluding hydrogens is 338 g/mol. The van der Waals surface area contributed by atoms with Crippen molar-refractivity contribution in [2.75, 3.05) is 13.7 Å². The molecule has 26 heavy (non-hydrogen) atoms. The van der Waals surface area contributed by atoms with Crippen LogP contribution < -0.4 is 0 Å². The van der Waals surface area contributed by atoms with Crippen LogP contribution in [0.4, 0.5) is 0 Å². The van der Waals surface area contributed by atoms with E-state index in [0.29, 0.717) is 12.0 Å². The summed E-state index contributed by atoms with van der Waals surface area (Å²) in [5.41, 5.74) is 0.602. The van der Waals surface area contributed by atoms with Crippen molar-refractivity contribution in [3.8, 4) is 6.07 Å². The molecular formula is C18H19N3O5. The monoisotopic (exact) mass is 357 g/mol. The van der Waals surface area contributed by atoms with Crippen LogP contribution in [-0.4, -0.2) is 81.4 Å². The number of hydrogen-bond acceptors (Lipinski definition) is 7. The molecule has 0 aromatic rings. The third-order valence-electron chi connectivity index (χ3n) is 6.37.